The van der Waals surface area contributed by atoms with Crippen LogP contribution in [-0.2, 0) is 6.18 Å². The third kappa shape index (κ3) is 2.27. The van der Waals surface area contributed by atoms with Gasteiger partial charge < -0.3 is 0 Å². The lowest BCUT2D eigenvalue weighted by molar-refractivity contribution is -0.137. The number of hydrogen-bond acceptors (Lipinski definition) is 1. The number of aromatic nitrogens is 2. The lowest BCUT2D eigenvalue weighted by Gasteiger charge is -2.07. The normalized spacial score (nSPS) is 17.0. The summed E-state index contributed by atoms with van der Waals surface area (Å²) in [6, 6.07) is -4.92. The van der Waals surface area contributed by atoms with E-state index in [1.165, 1.54) is 0 Å². The van der Waals surface area contributed by atoms with Gasteiger partial charge in [-0.05, 0) is 46.1 Å². The zero-order valence-electron chi connectivity index (χ0n) is 13.4. The predicted molar refractivity (Wildman–Crippen MR) is 56.3 cm³/mol. The average molecular weight is 297 g/mol. The Balaban J connectivity index is 2.88. The van der Waals surface area contributed by atoms with Crippen molar-refractivity contribution in [1.82, 2.24) is 9.78 Å². The highest BCUT2D eigenvalue weighted by molar-refractivity contribution is 9.10. The van der Waals surface area contributed by atoms with Gasteiger partial charge in [-0.15, -0.1) is 0 Å². The fraction of sp³-hybridized carbons (Fsp3) is 0.100. The van der Waals surface area contributed by atoms with Crippen LogP contribution >= 0.6 is 15.9 Å². The molecule has 0 aliphatic rings. The molecule has 16 heavy (non-hydrogen) atoms. The van der Waals surface area contributed by atoms with Gasteiger partial charge in [-0.2, -0.15) is 18.3 Å². The first-order valence-electron chi connectivity index (χ1n) is 6.88. The van der Waals surface area contributed by atoms with E-state index >= 15 is 0 Å². The van der Waals surface area contributed by atoms with Gasteiger partial charge in [0.25, 0.3) is 0 Å². The van der Waals surface area contributed by atoms with Crippen LogP contribution in [0.4, 0.5) is 13.2 Å². The number of halogens is 4. The SMILES string of the molecule is [2H]c1c([2H])c(C(F)(F)F)c([2H])c([2H])c1-n1nc(Br)c([2H])c1[2H]. The smallest absolute Gasteiger partial charge is 0.240 e. The summed E-state index contributed by atoms with van der Waals surface area (Å²) >= 11 is 2.86. The lowest BCUT2D eigenvalue weighted by atomic mass is 10.2. The van der Waals surface area contributed by atoms with Crippen molar-refractivity contribution >= 4 is 15.9 Å². The minimum absolute atomic E-state index is 0.103. The molecular formula is C10H6BrF3N2. The van der Waals surface area contributed by atoms with Crippen molar-refractivity contribution in [3.63, 3.8) is 0 Å². The molecule has 0 N–H and O–H groups in total. The molecule has 0 unspecified atom stereocenters. The maximum Gasteiger partial charge on any atom is 0.416 e. The molecule has 0 saturated heterocycles. The Hall–Kier alpha value is -1.30. The van der Waals surface area contributed by atoms with Crippen LogP contribution in [0.2, 0.25) is 0 Å². The van der Waals surface area contributed by atoms with Crippen molar-refractivity contribution in [2.24, 2.45) is 0 Å². The van der Waals surface area contributed by atoms with Gasteiger partial charge in [0.1, 0.15) is 4.60 Å². The monoisotopic (exact) mass is 296 g/mol. The van der Waals surface area contributed by atoms with Crippen LogP contribution in [-0.4, -0.2) is 9.78 Å². The van der Waals surface area contributed by atoms with Crippen molar-refractivity contribution in [1.29, 1.82) is 0 Å². The highest BCUT2D eigenvalue weighted by Crippen LogP contribution is 2.29. The second-order valence-corrected chi connectivity index (χ2v) is 3.41. The summed E-state index contributed by atoms with van der Waals surface area (Å²) in [7, 11) is 0. The minimum Gasteiger partial charge on any atom is -0.240 e. The van der Waals surface area contributed by atoms with Crippen LogP contribution in [0.3, 0.4) is 0 Å². The summed E-state index contributed by atoms with van der Waals surface area (Å²) in [6.07, 6.45) is -5.62. The highest BCUT2D eigenvalue weighted by atomic mass is 79.9. The molecule has 0 fully saturated rings. The zero-order valence-corrected chi connectivity index (χ0v) is 8.99. The molecule has 1 aromatic heterocycles. The number of benzene rings is 1. The molecule has 1 aromatic carbocycles. The Morgan fingerprint density at radius 1 is 1.19 bits per heavy atom. The largest absolute Gasteiger partial charge is 0.416 e. The van der Waals surface area contributed by atoms with E-state index in [-0.39, 0.29) is 4.60 Å². The fourth-order valence-corrected chi connectivity index (χ4v) is 1.14. The number of hydrogen-bond donors (Lipinski definition) is 0. The first-order valence-corrected chi connectivity index (χ1v) is 4.67. The highest BCUT2D eigenvalue weighted by Gasteiger charge is 2.29. The van der Waals surface area contributed by atoms with Gasteiger partial charge >= 0.3 is 6.18 Å². The molecule has 2 rings (SSSR count). The molecule has 0 radical (unpaired) electrons. The molecule has 0 aliphatic carbocycles. The van der Waals surface area contributed by atoms with Crippen molar-refractivity contribution in [2.75, 3.05) is 0 Å². The van der Waals surface area contributed by atoms with Crippen LogP contribution < -0.4 is 0 Å². The Kier molecular flexibility index (Phi) is 1.44. The summed E-state index contributed by atoms with van der Waals surface area (Å²) in [6.45, 7) is 0. The van der Waals surface area contributed by atoms with Gasteiger partial charge in [0.05, 0.1) is 19.5 Å². The number of nitrogens with zero attached hydrogens (tertiary/aromatic N) is 2. The summed E-state index contributed by atoms with van der Waals surface area (Å²) in [4.78, 5) is 0. The quantitative estimate of drug-likeness (QED) is 0.785. The van der Waals surface area contributed by atoms with Gasteiger partial charge in [0.2, 0.25) is 0 Å². The first kappa shape index (κ1) is 5.86. The van der Waals surface area contributed by atoms with E-state index in [2.05, 4.69) is 21.0 Å². The second-order valence-electron chi connectivity index (χ2n) is 2.66. The molecule has 0 bridgehead atoms. The van der Waals surface area contributed by atoms with Gasteiger partial charge in [-0.3, -0.25) is 0 Å². The molecular weight excluding hydrogens is 285 g/mol. The Labute approximate surface area is 106 Å². The standard InChI is InChI=1S/C10H6BrF3N2/c11-9-5-6-16(15-9)8-3-1-7(2-4-8)10(12,13)14/h1-6H/i1D,2D,3D,4D,5D,6D. The lowest BCUT2D eigenvalue weighted by Crippen LogP contribution is -2.05. The van der Waals surface area contributed by atoms with Crippen LogP contribution in [0.1, 0.15) is 13.8 Å². The first-order chi connectivity index (χ1) is 9.98. The molecule has 0 amide bonds. The number of rotatable bonds is 1. The molecule has 1 heterocycles. The van der Waals surface area contributed by atoms with Gasteiger partial charge in [0, 0.05) is 6.17 Å². The molecule has 2 nitrogen and oxygen atoms in total. The van der Waals surface area contributed by atoms with E-state index in [9.17, 15) is 13.2 Å². The van der Waals surface area contributed by atoms with Crippen molar-refractivity contribution in [2.45, 2.75) is 6.18 Å². The molecule has 0 saturated carbocycles. The van der Waals surface area contributed by atoms with E-state index in [1.807, 2.05) is 0 Å². The maximum atomic E-state index is 12.8. The van der Waals surface area contributed by atoms with E-state index in [0.717, 1.165) is 0 Å². The molecule has 2 aromatic rings. The average Bonchev–Trinajstić information content (AvgIpc) is 2.64. The van der Waals surface area contributed by atoms with E-state index in [1.54, 1.807) is 0 Å². The summed E-state index contributed by atoms with van der Waals surface area (Å²) < 4.78 is 84.3. The van der Waals surface area contributed by atoms with Gasteiger partial charge in [-0.25, -0.2) is 4.68 Å². The van der Waals surface area contributed by atoms with Crippen molar-refractivity contribution in [3.8, 4) is 5.69 Å². The van der Waals surface area contributed by atoms with Crippen LogP contribution in [0, 0.1) is 0 Å². The predicted octanol–water partition coefficient (Wildman–Crippen LogP) is 3.65. The Morgan fingerprint density at radius 2 is 1.81 bits per heavy atom. The molecule has 0 aliphatic heterocycles. The van der Waals surface area contributed by atoms with Gasteiger partial charge in [0.15, 0.2) is 0 Å². The topological polar surface area (TPSA) is 17.8 Å². The zero-order chi connectivity index (χ0) is 17.0. The second kappa shape index (κ2) is 3.93. The van der Waals surface area contributed by atoms with E-state index in [4.69, 9.17) is 8.22 Å². The summed E-state index contributed by atoms with van der Waals surface area (Å²) in [5.41, 5.74) is -2.30. The molecule has 0 atom stereocenters. The molecule has 6 heteroatoms. The Morgan fingerprint density at radius 3 is 2.25 bits per heavy atom. The van der Waals surface area contributed by atoms with Crippen LogP contribution in [0.15, 0.2) is 41.0 Å². The summed E-state index contributed by atoms with van der Waals surface area (Å²) in [5, 5.41) is 3.65. The minimum atomic E-state index is -5.05. The van der Waals surface area contributed by atoms with Crippen LogP contribution in [0.5, 0.6) is 0 Å². The Bertz CT molecular complexity index is 744. The number of alkyl halides is 3. The van der Waals surface area contributed by atoms with Crippen molar-refractivity contribution < 1.29 is 21.4 Å². The van der Waals surface area contributed by atoms with E-state index in [0.29, 0.717) is 4.68 Å². The van der Waals surface area contributed by atoms with Crippen molar-refractivity contribution in [3.05, 3.63) is 46.6 Å². The fourth-order valence-electron chi connectivity index (χ4n) is 0.896. The molecule has 0 spiro atoms. The third-order valence-corrected chi connectivity index (χ3v) is 1.92. The summed E-state index contributed by atoms with van der Waals surface area (Å²) in [5.74, 6) is 0. The maximum absolute atomic E-state index is 12.8. The third-order valence-electron chi connectivity index (χ3n) is 1.56. The van der Waals surface area contributed by atoms with Gasteiger partial charge in [-0.1, -0.05) is 0 Å². The molecule has 84 valence electrons. The van der Waals surface area contributed by atoms with E-state index < -0.39 is 53.8 Å². The van der Waals surface area contributed by atoms with Crippen LogP contribution in [0.25, 0.3) is 5.69 Å².